The van der Waals surface area contributed by atoms with Crippen LogP contribution < -0.4 is 4.80 Å². The molecule has 0 aliphatic heterocycles. The maximum Gasteiger partial charge on any atom is 0.206 e. The quantitative estimate of drug-likeness (QED) is 0.484. The highest BCUT2D eigenvalue weighted by molar-refractivity contribution is 7.07. The molecule has 2 heterocycles. The molecule has 0 radical (unpaired) electrons. The Balaban J connectivity index is 2.13. The first-order valence-corrected chi connectivity index (χ1v) is 9.00. The first-order valence-electron chi connectivity index (χ1n) is 8.12. The Kier molecular flexibility index (Phi) is 5.53. The molecule has 0 aliphatic rings. The Morgan fingerprint density at radius 1 is 1.23 bits per heavy atom. The molecule has 0 atom stereocenters. The van der Waals surface area contributed by atoms with E-state index in [4.69, 9.17) is 5.10 Å². The minimum atomic E-state index is -0.266. The van der Waals surface area contributed by atoms with Crippen LogP contribution in [0.5, 0.6) is 0 Å². The number of rotatable bonds is 5. The van der Waals surface area contributed by atoms with E-state index in [1.54, 1.807) is 29.2 Å². The molecular weight excluding hydrogens is 347 g/mol. The lowest BCUT2D eigenvalue weighted by Gasteiger charge is -2.06. The fourth-order valence-electron chi connectivity index (χ4n) is 2.31. The molecule has 0 fully saturated rings. The number of hydrogen-bond donors (Lipinski definition) is 0. The van der Waals surface area contributed by atoms with E-state index in [0.717, 1.165) is 32.9 Å². The first kappa shape index (κ1) is 17.9. The number of nitrogens with zero attached hydrogens (tertiary/aromatic N) is 4. The molecule has 0 saturated heterocycles. The zero-order valence-electron chi connectivity index (χ0n) is 14.7. The third-order valence-corrected chi connectivity index (χ3v) is 4.49. The summed E-state index contributed by atoms with van der Waals surface area (Å²) in [6.45, 7) is 8.30. The van der Waals surface area contributed by atoms with E-state index in [2.05, 4.69) is 16.6 Å². The van der Waals surface area contributed by atoms with Gasteiger partial charge in [0.1, 0.15) is 5.82 Å². The second-order valence-corrected chi connectivity index (χ2v) is 6.76. The highest BCUT2D eigenvalue weighted by Gasteiger charge is 2.09. The standard InChI is InChI=1S/C20H19FN4S/c1-14(2)11-23-20-25(24-15(3)17-5-4-10-22-12-17)19(13-26-20)16-6-8-18(21)9-7-16/h4-10,12-13H,1,11H2,2-3H3. The lowest BCUT2D eigenvalue weighted by molar-refractivity contribution is 0.628. The van der Waals surface area contributed by atoms with Crippen molar-refractivity contribution in [3.63, 3.8) is 0 Å². The molecule has 0 saturated carbocycles. The molecule has 3 rings (SSSR count). The molecule has 132 valence electrons. The highest BCUT2D eigenvalue weighted by atomic mass is 32.1. The molecule has 4 nitrogen and oxygen atoms in total. The molecule has 0 spiro atoms. The Labute approximate surface area is 155 Å². The zero-order chi connectivity index (χ0) is 18.5. The van der Waals surface area contributed by atoms with Gasteiger partial charge in [-0.2, -0.15) is 5.10 Å². The predicted molar refractivity (Wildman–Crippen MR) is 105 cm³/mol. The van der Waals surface area contributed by atoms with Crippen LogP contribution in [0.1, 0.15) is 19.4 Å². The second kappa shape index (κ2) is 8.01. The number of pyridine rings is 1. The van der Waals surface area contributed by atoms with Crippen LogP contribution in [0.2, 0.25) is 0 Å². The summed E-state index contributed by atoms with van der Waals surface area (Å²) in [6, 6.07) is 10.2. The molecule has 0 aliphatic carbocycles. The smallest absolute Gasteiger partial charge is 0.206 e. The van der Waals surface area contributed by atoms with Gasteiger partial charge in [0.05, 0.1) is 18.0 Å². The van der Waals surface area contributed by atoms with Crippen molar-refractivity contribution < 1.29 is 4.39 Å². The molecule has 26 heavy (non-hydrogen) atoms. The summed E-state index contributed by atoms with van der Waals surface area (Å²) >= 11 is 1.49. The van der Waals surface area contributed by atoms with Crippen LogP contribution in [0.4, 0.5) is 4.39 Å². The van der Waals surface area contributed by atoms with E-state index in [1.165, 1.54) is 23.5 Å². The van der Waals surface area contributed by atoms with Gasteiger partial charge in [0.15, 0.2) is 0 Å². The van der Waals surface area contributed by atoms with Gasteiger partial charge in [-0.1, -0.05) is 18.2 Å². The summed E-state index contributed by atoms with van der Waals surface area (Å²) in [6.07, 6.45) is 3.50. The van der Waals surface area contributed by atoms with Gasteiger partial charge < -0.3 is 0 Å². The average Bonchev–Trinajstić information content (AvgIpc) is 3.04. The number of thiazole rings is 1. The van der Waals surface area contributed by atoms with Crippen molar-refractivity contribution in [1.29, 1.82) is 0 Å². The van der Waals surface area contributed by atoms with E-state index in [9.17, 15) is 4.39 Å². The van der Waals surface area contributed by atoms with Crippen molar-refractivity contribution in [1.82, 2.24) is 9.66 Å². The second-order valence-electron chi connectivity index (χ2n) is 5.92. The Morgan fingerprint density at radius 2 is 2.00 bits per heavy atom. The third kappa shape index (κ3) is 4.21. The van der Waals surface area contributed by atoms with Crippen LogP contribution in [-0.2, 0) is 0 Å². The van der Waals surface area contributed by atoms with Gasteiger partial charge in [0.2, 0.25) is 4.80 Å². The minimum absolute atomic E-state index is 0.266. The average molecular weight is 366 g/mol. The molecular formula is C20H19FN4S. The number of hydrogen-bond acceptors (Lipinski definition) is 4. The van der Waals surface area contributed by atoms with Gasteiger partial charge in [-0.25, -0.2) is 9.07 Å². The topological polar surface area (TPSA) is 42.5 Å². The third-order valence-electron chi connectivity index (χ3n) is 3.64. The first-order chi connectivity index (χ1) is 12.5. The lowest BCUT2D eigenvalue weighted by Crippen LogP contribution is -2.15. The molecule has 0 amide bonds. The number of aromatic nitrogens is 2. The fourth-order valence-corrected chi connectivity index (χ4v) is 3.14. The van der Waals surface area contributed by atoms with Crippen molar-refractivity contribution in [2.24, 2.45) is 10.1 Å². The lowest BCUT2D eigenvalue weighted by atomic mass is 10.2. The van der Waals surface area contributed by atoms with E-state index in [-0.39, 0.29) is 5.82 Å². The number of halogens is 1. The van der Waals surface area contributed by atoms with Gasteiger partial charge in [0, 0.05) is 28.9 Å². The van der Waals surface area contributed by atoms with Crippen LogP contribution in [0, 0.1) is 5.82 Å². The summed E-state index contributed by atoms with van der Waals surface area (Å²) < 4.78 is 15.1. The highest BCUT2D eigenvalue weighted by Crippen LogP contribution is 2.21. The van der Waals surface area contributed by atoms with Crippen molar-refractivity contribution >= 4 is 17.0 Å². The van der Waals surface area contributed by atoms with E-state index >= 15 is 0 Å². The zero-order valence-corrected chi connectivity index (χ0v) is 15.5. The van der Waals surface area contributed by atoms with Gasteiger partial charge >= 0.3 is 0 Å². The molecule has 2 aromatic heterocycles. The molecule has 0 unspecified atom stereocenters. The van der Waals surface area contributed by atoms with Gasteiger partial charge in [0.25, 0.3) is 0 Å². The molecule has 3 aromatic rings. The largest absolute Gasteiger partial charge is 0.264 e. The van der Waals surface area contributed by atoms with Crippen LogP contribution >= 0.6 is 11.3 Å². The van der Waals surface area contributed by atoms with Gasteiger partial charge in [-0.15, -0.1) is 11.3 Å². The van der Waals surface area contributed by atoms with Crippen LogP contribution in [0.3, 0.4) is 0 Å². The Bertz CT molecular complexity index is 998. The summed E-state index contributed by atoms with van der Waals surface area (Å²) in [7, 11) is 0. The molecule has 0 N–H and O–H groups in total. The predicted octanol–water partition coefficient (Wildman–Crippen LogP) is 4.50. The summed E-state index contributed by atoms with van der Waals surface area (Å²) in [5, 5.41) is 6.73. The minimum Gasteiger partial charge on any atom is -0.264 e. The fraction of sp³-hybridized carbons (Fsp3) is 0.150. The summed E-state index contributed by atoms with van der Waals surface area (Å²) in [4.78, 5) is 9.50. The van der Waals surface area contributed by atoms with E-state index in [0.29, 0.717) is 6.54 Å². The normalized spacial score (nSPS) is 12.4. The van der Waals surface area contributed by atoms with Crippen molar-refractivity contribution in [3.8, 4) is 11.3 Å². The summed E-state index contributed by atoms with van der Waals surface area (Å²) in [5.41, 5.74) is 4.46. The SMILES string of the molecule is C=C(C)CN=c1scc(-c2ccc(F)cc2)n1N=C(C)c1cccnc1. The van der Waals surface area contributed by atoms with Gasteiger partial charge in [-0.3, -0.25) is 9.98 Å². The van der Waals surface area contributed by atoms with E-state index < -0.39 is 0 Å². The maximum atomic E-state index is 13.3. The van der Waals surface area contributed by atoms with E-state index in [1.807, 2.05) is 31.4 Å². The van der Waals surface area contributed by atoms with Crippen molar-refractivity contribution in [2.45, 2.75) is 13.8 Å². The monoisotopic (exact) mass is 366 g/mol. The molecule has 1 aromatic carbocycles. The van der Waals surface area contributed by atoms with Crippen molar-refractivity contribution in [2.75, 3.05) is 6.54 Å². The molecule has 6 heteroatoms. The Morgan fingerprint density at radius 3 is 2.65 bits per heavy atom. The number of benzene rings is 1. The maximum absolute atomic E-state index is 13.3. The summed E-state index contributed by atoms with van der Waals surface area (Å²) in [5.74, 6) is -0.266. The van der Waals surface area contributed by atoms with Crippen LogP contribution in [0.15, 0.2) is 76.4 Å². The molecule has 0 bridgehead atoms. The Hall–Kier alpha value is -2.86. The van der Waals surface area contributed by atoms with Crippen LogP contribution in [-0.4, -0.2) is 21.9 Å². The van der Waals surface area contributed by atoms with Gasteiger partial charge in [-0.05, 0) is 44.2 Å². The van der Waals surface area contributed by atoms with Crippen LogP contribution in [0.25, 0.3) is 11.3 Å². The van der Waals surface area contributed by atoms with Crippen molar-refractivity contribution in [3.05, 3.63) is 82.5 Å².